The topological polar surface area (TPSA) is 46.3 Å². The average molecular weight is 300 g/mol. The van der Waals surface area contributed by atoms with Crippen molar-refractivity contribution in [2.24, 2.45) is 0 Å². The summed E-state index contributed by atoms with van der Waals surface area (Å²) in [4.78, 5) is 3.91. The van der Waals surface area contributed by atoms with Crippen LogP contribution >= 0.6 is 15.9 Å². The fraction of sp³-hybridized carbons (Fsp3) is 0.250. The molecule has 0 amide bonds. The third-order valence-electron chi connectivity index (χ3n) is 2.66. The minimum Gasteiger partial charge on any atom is -0.465 e. The smallest absolute Gasteiger partial charge is 0.164 e. The van der Waals surface area contributed by atoms with Gasteiger partial charge in [0.2, 0.25) is 0 Å². The van der Waals surface area contributed by atoms with Crippen LogP contribution in [0.4, 0.5) is 4.39 Å². The largest absolute Gasteiger partial charge is 0.465 e. The zero-order valence-electron chi connectivity index (χ0n) is 9.15. The zero-order valence-corrected chi connectivity index (χ0v) is 10.7. The first-order valence-electron chi connectivity index (χ1n) is 5.16. The Hall–Kier alpha value is -1.20. The Balaban J connectivity index is 2.51. The molecule has 1 N–H and O–H groups in total. The summed E-state index contributed by atoms with van der Waals surface area (Å²) in [6, 6.07) is 4.41. The van der Waals surface area contributed by atoms with Gasteiger partial charge in [0.15, 0.2) is 11.4 Å². The average Bonchev–Trinajstić information content (AvgIpc) is 2.76. The highest BCUT2D eigenvalue weighted by Crippen LogP contribution is 2.36. The molecule has 0 fully saturated rings. The molecule has 3 nitrogen and oxygen atoms in total. The molecule has 1 atom stereocenters. The first kappa shape index (κ1) is 12.3. The van der Waals surface area contributed by atoms with Gasteiger partial charge in [-0.25, -0.2) is 4.39 Å². The van der Waals surface area contributed by atoms with Gasteiger partial charge in [-0.2, -0.15) is 0 Å². The molecule has 0 aliphatic carbocycles. The van der Waals surface area contributed by atoms with Crippen LogP contribution in [0.25, 0.3) is 0 Å². The summed E-state index contributed by atoms with van der Waals surface area (Å²) >= 11 is 3.30. The molecule has 0 spiro atoms. The van der Waals surface area contributed by atoms with Gasteiger partial charge in [0, 0.05) is 0 Å². The van der Waals surface area contributed by atoms with E-state index in [1.807, 2.05) is 0 Å². The maximum Gasteiger partial charge on any atom is 0.164 e. The van der Waals surface area contributed by atoms with Gasteiger partial charge < -0.3 is 9.52 Å². The van der Waals surface area contributed by atoms with E-state index in [0.29, 0.717) is 22.3 Å². The number of halogens is 2. The lowest BCUT2D eigenvalue weighted by molar-refractivity contribution is 0.0474. The number of nitrogens with zero attached hydrogens (tertiary/aromatic N) is 1. The highest BCUT2D eigenvalue weighted by Gasteiger charge is 2.36. The maximum atomic E-state index is 12.8. The monoisotopic (exact) mass is 299 g/mol. The third kappa shape index (κ3) is 2.12. The Labute approximate surface area is 106 Å². The lowest BCUT2D eigenvalue weighted by atomic mass is 9.93. The van der Waals surface area contributed by atoms with Crippen molar-refractivity contribution in [2.45, 2.75) is 18.9 Å². The number of aliphatic hydroxyl groups is 1. The molecule has 2 rings (SSSR count). The molecule has 0 saturated carbocycles. The van der Waals surface area contributed by atoms with Gasteiger partial charge in [0.05, 0.1) is 22.6 Å². The van der Waals surface area contributed by atoms with Crippen LogP contribution in [0.5, 0.6) is 0 Å². The molecule has 2 aromatic rings. The summed E-state index contributed by atoms with van der Waals surface area (Å²) in [5.74, 6) is -0.0650. The summed E-state index contributed by atoms with van der Waals surface area (Å²) in [5, 5.41) is 10.6. The predicted molar refractivity (Wildman–Crippen MR) is 63.9 cm³/mol. The van der Waals surface area contributed by atoms with E-state index in [-0.39, 0.29) is 0 Å². The van der Waals surface area contributed by atoms with Gasteiger partial charge in [-0.1, -0.05) is 6.92 Å². The second-order valence-corrected chi connectivity index (χ2v) is 4.53. The van der Waals surface area contributed by atoms with Crippen molar-refractivity contribution in [1.29, 1.82) is 0 Å². The summed E-state index contributed by atoms with van der Waals surface area (Å²) in [6.07, 6.45) is 2.92. The number of furan rings is 1. The van der Waals surface area contributed by atoms with Crippen LogP contribution in [0, 0.1) is 5.82 Å². The van der Waals surface area contributed by atoms with E-state index < -0.39 is 11.4 Å². The van der Waals surface area contributed by atoms with Gasteiger partial charge in [-0.3, -0.25) is 4.98 Å². The van der Waals surface area contributed by atoms with Gasteiger partial charge in [-0.05, 0) is 40.5 Å². The van der Waals surface area contributed by atoms with E-state index in [1.54, 1.807) is 13.0 Å². The number of hydrogen-bond acceptors (Lipinski definition) is 3. The summed E-state index contributed by atoms with van der Waals surface area (Å²) in [6.45, 7) is 1.81. The molecule has 0 bridgehead atoms. The quantitative estimate of drug-likeness (QED) is 0.946. The second kappa shape index (κ2) is 4.58. The zero-order chi connectivity index (χ0) is 12.5. The number of hydrogen-bond donors (Lipinski definition) is 1. The summed E-state index contributed by atoms with van der Waals surface area (Å²) in [7, 11) is 0. The first-order valence-corrected chi connectivity index (χ1v) is 5.95. The third-order valence-corrected chi connectivity index (χ3v) is 3.28. The van der Waals surface area contributed by atoms with Crippen molar-refractivity contribution in [2.75, 3.05) is 0 Å². The van der Waals surface area contributed by atoms with Crippen LogP contribution in [0.2, 0.25) is 0 Å². The van der Waals surface area contributed by atoms with Crippen LogP contribution < -0.4 is 0 Å². The molecule has 2 aromatic heterocycles. The molecule has 0 saturated heterocycles. The van der Waals surface area contributed by atoms with E-state index in [1.165, 1.54) is 18.4 Å². The van der Waals surface area contributed by atoms with Crippen LogP contribution in [0.1, 0.15) is 24.8 Å². The number of rotatable bonds is 3. The molecular weight excluding hydrogens is 289 g/mol. The number of pyridine rings is 1. The normalized spacial score (nSPS) is 14.6. The van der Waals surface area contributed by atoms with E-state index in [0.717, 1.165) is 6.20 Å². The van der Waals surface area contributed by atoms with E-state index in [2.05, 4.69) is 20.9 Å². The minimum atomic E-state index is -1.35. The van der Waals surface area contributed by atoms with Crippen molar-refractivity contribution in [3.05, 3.63) is 52.4 Å². The SMILES string of the molecule is CCC(O)(c1ccc(F)cn1)c1occc1Br. The van der Waals surface area contributed by atoms with E-state index >= 15 is 0 Å². The standard InChI is InChI=1S/C12H11BrFNO2/c1-2-12(16,11-9(13)5-6-17-11)10-4-3-8(14)7-15-10/h3-7,16H,2H2,1H3. The van der Waals surface area contributed by atoms with Gasteiger partial charge in [0.1, 0.15) is 5.82 Å². The van der Waals surface area contributed by atoms with Crippen molar-refractivity contribution in [3.63, 3.8) is 0 Å². The molecule has 2 heterocycles. The first-order chi connectivity index (χ1) is 8.08. The van der Waals surface area contributed by atoms with Gasteiger partial charge in [-0.15, -0.1) is 0 Å². The molecule has 5 heteroatoms. The summed E-state index contributed by atoms with van der Waals surface area (Å²) in [5.41, 5.74) is -0.993. The molecule has 1 unspecified atom stereocenters. The van der Waals surface area contributed by atoms with Gasteiger partial charge in [0.25, 0.3) is 0 Å². The minimum absolute atomic E-state index is 0.358. The van der Waals surface area contributed by atoms with E-state index in [9.17, 15) is 9.50 Å². The van der Waals surface area contributed by atoms with Crippen molar-refractivity contribution in [1.82, 2.24) is 4.98 Å². The Morgan fingerprint density at radius 1 is 1.47 bits per heavy atom. The van der Waals surface area contributed by atoms with Crippen molar-refractivity contribution < 1.29 is 13.9 Å². The number of aromatic nitrogens is 1. The highest BCUT2D eigenvalue weighted by atomic mass is 79.9. The molecule has 0 radical (unpaired) electrons. The lowest BCUT2D eigenvalue weighted by Gasteiger charge is -2.24. The van der Waals surface area contributed by atoms with Crippen LogP contribution in [0.15, 0.2) is 39.5 Å². The predicted octanol–water partition coefficient (Wildman–Crippen LogP) is 3.22. The molecule has 0 aromatic carbocycles. The lowest BCUT2D eigenvalue weighted by Crippen LogP contribution is -2.27. The Bertz CT molecular complexity index is 511. The molecule has 0 aliphatic rings. The van der Waals surface area contributed by atoms with E-state index in [4.69, 9.17) is 4.42 Å². The Morgan fingerprint density at radius 2 is 2.24 bits per heavy atom. The maximum absolute atomic E-state index is 12.8. The Morgan fingerprint density at radius 3 is 2.71 bits per heavy atom. The summed E-state index contributed by atoms with van der Waals surface area (Å²) < 4.78 is 18.8. The van der Waals surface area contributed by atoms with Crippen molar-refractivity contribution in [3.8, 4) is 0 Å². The van der Waals surface area contributed by atoms with Crippen molar-refractivity contribution >= 4 is 15.9 Å². The van der Waals surface area contributed by atoms with Gasteiger partial charge >= 0.3 is 0 Å². The van der Waals surface area contributed by atoms with Crippen LogP contribution in [-0.2, 0) is 5.60 Å². The molecule has 0 aliphatic heterocycles. The Kier molecular flexibility index (Phi) is 3.31. The highest BCUT2D eigenvalue weighted by molar-refractivity contribution is 9.10. The van der Waals surface area contributed by atoms with Crippen LogP contribution in [-0.4, -0.2) is 10.1 Å². The van der Waals surface area contributed by atoms with Crippen LogP contribution in [0.3, 0.4) is 0 Å². The molecular formula is C12H11BrFNO2. The molecule has 90 valence electrons. The molecule has 17 heavy (non-hydrogen) atoms. The fourth-order valence-electron chi connectivity index (χ4n) is 1.67. The second-order valence-electron chi connectivity index (χ2n) is 3.67. The fourth-order valence-corrected chi connectivity index (χ4v) is 2.20.